The summed E-state index contributed by atoms with van der Waals surface area (Å²) in [5.41, 5.74) is 0.934. The van der Waals surface area contributed by atoms with Crippen molar-refractivity contribution in [2.45, 2.75) is 31.9 Å². The summed E-state index contributed by atoms with van der Waals surface area (Å²) in [4.78, 5) is 0. The second-order valence-electron chi connectivity index (χ2n) is 3.82. The van der Waals surface area contributed by atoms with E-state index >= 15 is 0 Å². The van der Waals surface area contributed by atoms with Crippen LogP contribution in [-0.2, 0) is 15.7 Å². The fraction of sp³-hybridized carbons (Fsp3) is 0.875. The maximum atomic E-state index is 11.5. The van der Waals surface area contributed by atoms with Gasteiger partial charge in [-0.2, -0.15) is 4.40 Å². The van der Waals surface area contributed by atoms with Gasteiger partial charge in [0.2, 0.25) is 0 Å². The highest BCUT2D eigenvalue weighted by Crippen LogP contribution is 2.14. The normalized spacial score (nSPS) is 24.8. The van der Waals surface area contributed by atoms with E-state index in [0.717, 1.165) is 18.7 Å². The molecule has 0 saturated carbocycles. The van der Waals surface area contributed by atoms with Crippen molar-refractivity contribution in [3.8, 4) is 0 Å². The zero-order valence-corrected chi connectivity index (χ0v) is 8.61. The highest BCUT2D eigenvalue weighted by atomic mass is 32.2. The molecule has 1 fully saturated rings. The van der Waals surface area contributed by atoms with Gasteiger partial charge in [-0.25, -0.2) is 4.21 Å². The Morgan fingerprint density at radius 2 is 2.17 bits per heavy atom. The van der Waals surface area contributed by atoms with E-state index in [2.05, 4.69) is 4.40 Å². The number of nitrogens with zero attached hydrogens (tertiary/aromatic N) is 1. The second kappa shape index (κ2) is 3.66. The molecule has 0 spiro atoms. The quantitative estimate of drug-likeness (QED) is 0.624. The van der Waals surface area contributed by atoms with Crippen LogP contribution in [0.25, 0.3) is 0 Å². The fourth-order valence-electron chi connectivity index (χ4n) is 0.778. The number of ether oxygens (including phenoxy) is 1. The van der Waals surface area contributed by atoms with Crippen molar-refractivity contribution < 1.29 is 8.95 Å². The predicted molar refractivity (Wildman–Crippen MR) is 50.8 cm³/mol. The van der Waals surface area contributed by atoms with Gasteiger partial charge in [0, 0.05) is 6.42 Å². The lowest BCUT2D eigenvalue weighted by Crippen LogP contribution is -2.21. The first-order valence-corrected chi connectivity index (χ1v) is 5.17. The molecule has 1 unspecified atom stereocenters. The maximum Gasteiger partial charge on any atom is 0.144 e. The van der Waals surface area contributed by atoms with E-state index in [1.165, 1.54) is 0 Å². The van der Waals surface area contributed by atoms with Gasteiger partial charge < -0.3 is 4.74 Å². The lowest BCUT2D eigenvalue weighted by molar-refractivity contribution is 0.209. The van der Waals surface area contributed by atoms with Gasteiger partial charge in [0.05, 0.1) is 23.7 Å². The summed E-state index contributed by atoms with van der Waals surface area (Å²) in [7, 11) is -1.12. The number of hydrogen-bond donors (Lipinski definition) is 0. The van der Waals surface area contributed by atoms with E-state index in [1.807, 2.05) is 20.8 Å². The van der Waals surface area contributed by atoms with Gasteiger partial charge in [-0.3, -0.25) is 0 Å². The first-order valence-electron chi connectivity index (χ1n) is 4.06. The molecule has 0 aromatic heterocycles. The van der Waals surface area contributed by atoms with E-state index in [9.17, 15) is 4.21 Å². The number of hydrogen-bond acceptors (Lipinski definition) is 2. The Morgan fingerprint density at radius 3 is 2.58 bits per heavy atom. The maximum absolute atomic E-state index is 11.5. The van der Waals surface area contributed by atoms with Crippen LogP contribution in [0.15, 0.2) is 4.40 Å². The zero-order valence-electron chi connectivity index (χ0n) is 7.79. The highest BCUT2D eigenvalue weighted by Gasteiger charge is 2.20. The average molecular weight is 189 g/mol. The van der Waals surface area contributed by atoms with Gasteiger partial charge >= 0.3 is 0 Å². The molecule has 1 atom stereocenters. The molecule has 1 heterocycles. The van der Waals surface area contributed by atoms with Crippen LogP contribution < -0.4 is 0 Å². The van der Waals surface area contributed by atoms with Gasteiger partial charge in [-0.05, 0) is 20.8 Å². The lowest BCUT2D eigenvalue weighted by Gasteiger charge is -2.13. The summed E-state index contributed by atoms with van der Waals surface area (Å²) in [6, 6.07) is 0. The number of rotatable bonds is 1. The van der Waals surface area contributed by atoms with Crippen LogP contribution >= 0.6 is 0 Å². The van der Waals surface area contributed by atoms with Crippen LogP contribution in [0, 0.1) is 0 Å². The molecule has 1 rings (SSSR count). The topological polar surface area (TPSA) is 38.7 Å². The molecule has 0 radical (unpaired) electrons. The van der Waals surface area contributed by atoms with E-state index in [-0.39, 0.29) is 4.75 Å². The first kappa shape index (κ1) is 9.86. The van der Waals surface area contributed by atoms with Crippen molar-refractivity contribution in [2.75, 3.05) is 13.2 Å². The van der Waals surface area contributed by atoms with Crippen molar-refractivity contribution in [3.63, 3.8) is 0 Å². The third kappa shape index (κ3) is 2.68. The van der Waals surface area contributed by atoms with Crippen LogP contribution in [0.1, 0.15) is 27.2 Å². The Morgan fingerprint density at radius 1 is 1.50 bits per heavy atom. The minimum atomic E-state index is -1.12. The zero-order chi connectivity index (χ0) is 9.19. The Labute approximate surface area is 75.8 Å². The molecular formula is C8H15NO2S. The monoisotopic (exact) mass is 189 g/mol. The molecular weight excluding hydrogens is 174 g/mol. The Hall–Kier alpha value is -0.220. The van der Waals surface area contributed by atoms with E-state index in [4.69, 9.17) is 4.74 Å². The molecule has 0 aliphatic carbocycles. The Bertz CT molecular complexity index is 210. The largest absolute Gasteiger partial charge is 0.375 e. The summed E-state index contributed by atoms with van der Waals surface area (Å²) < 4.78 is 20.5. The minimum absolute atomic E-state index is 0.254. The molecule has 0 aromatic rings. The molecule has 70 valence electrons. The molecule has 0 aromatic carbocycles. The van der Waals surface area contributed by atoms with Gasteiger partial charge in [0.15, 0.2) is 0 Å². The predicted octanol–water partition coefficient (Wildman–Crippen LogP) is 1.31. The molecule has 3 nitrogen and oxygen atoms in total. The standard InChI is InChI=1S/C8H15NO2S/c1-8(2,3)12(10)9-7-4-5-11-6-7/h4-6H2,1-3H3/b9-7-. The first-order chi connectivity index (χ1) is 5.50. The Balaban J connectivity index is 2.60. The van der Waals surface area contributed by atoms with Crippen molar-refractivity contribution in [1.82, 2.24) is 0 Å². The van der Waals surface area contributed by atoms with Crippen molar-refractivity contribution in [3.05, 3.63) is 0 Å². The fourth-order valence-corrected chi connectivity index (χ4v) is 1.43. The van der Waals surface area contributed by atoms with Gasteiger partial charge in [-0.15, -0.1) is 0 Å². The van der Waals surface area contributed by atoms with Crippen molar-refractivity contribution in [2.24, 2.45) is 4.40 Å². The van der Waals surface area contributed by atoms with Crippen molar-refractivity contribution >= 4 is 16.7 Å². The second-order valence-corrected chi connectivity index (χ2v) is 5.73. The summed E-state index contributed by atoms with van der Waals surface area (Å²) in [6.07, 6.45) is 0.835. The molecule has 0 amide bonds. The minimum Gasteiger partial charge on any atom is -0.375 e. The molecule has 12 heavy (non-hydrogen) atoms. The third-order valence-corrected chi connectivity index (χ3v) is 3.01. The molecule has 1 aliphatic rings. The molecule has 0 bridgehead atoms. The van der Waals surface area contributed by atoms with E-state index in [1.54, 1.807) is 0 Å². The van der Waals surface area contributed by atoms with Crippen LogP contribution in [0.2, 0.25) is 0 Å². The van der Waals surface area contributed by atoms with Crippen molar-refractivity contribution in [1.29, 1.82) is 0 Å². The molecule has 1 aliphatic heterocycles. The van der Waals surface area contributed by atoms with Crippen LogP contribution in [0.4, 0.5) is 0 Å². The lowest BCUT2D eigenvalue weighted by atomic mass is 10.3. The Kier molecular flexibility index (Phi) is 3.01. The summed E-state index contributed by atoms with van der Waals surface area (Å²) >= 11 is 0. The molecule has 1 saturated heterocycles. The summed E-state index contributed by atoms with van der Waals surface area (Å²) in [5, 5.41) is 0. The summed E-state index contributed by atoms with van der Waals surface area (Å²) in [5.74, 6) is 0. The molecule has 4 heteroatoms. The van der Waals surface area contributed by atoms with Crippen LogP contribution in [0.3, 0.4) is 0 Å². The SMILES string of the molecule is CC(C)(C)S(=O)/N=C1/CCOC1. The smallest absolute Gasteiger partial charge is 0.144 e. The summed E-state index contributed by atoms with van der Waals surface area (Å²) in [6.45, 7) is 7.04. The van der Waals surface area contributed by atoms with Gasteiger partial charge in [0.1, 0.15) is 11.0 Å². The average Bonchev–Trinajstić information content (AvgIpc) is 2.37. The van der Waals surface area contributed by atoms with Crippen LogP contribution in [0.5, 0.6) is 0 Å². The highest BCUT2D eigenvalue weighted by molar-refractivity contribution is 7.85. The van der Waals surface area contributed by atoms with Gasteiger partial charge in [0.25, 0.3) is 0 Å². The molecule has 0 N–H and O–H groups in total. The van der Waals surface area contributed by atoms with Crippen LogP contribution in [-0.4, -0.2) is 27.9 Å². The third-order valence-electron chi connectivity index (χ3n) is 1.54. The van der Waals surface area contributed by atoms with E-state index in [0.29, 0.717) is 6.61 Å². The van der Waals surface area contributed by atoms with Gasteiger partial charge in [-0.1, -0.05) is 0 Å². The van der Waals surface area contributed by atoms with E-state index < -0.39 is 11.0 Å².